The Morgan fingerprint density at radius 1 is 0.840 bits per heavy atom. The van der Waals surface area contributed by atoms with E-state index >= 15 is 0 Å². The average Bonchev–Trinajstić information content (AvgIpc) is 3.14. The molecule has 0 aliphatic carbocycles. The van der Waals surface area contributed by atoms with E-state index in [9.17, 15) is 5.11 Å². The molecule has 1 N–H and O–H groups in total. The third-order valence-electron chi connectivity index (χ3n) is 3.44. The zero-order valence-corrected chi connectivity index (χ0v) is 16.6. The number of hydrogen-bond donors (Lipinski definition) is 1. The van der Waals surface area contributed by atoms with Crippen LogP contribution in [0.3, 0.4) is 0 Å². The molecule has 2 rings (SSSR count). The zero-order valence-electron chi connectivity index (χ0n) is 14.4. The molecule has 2 aromatic carbocycles. The summed E-state index contributed by atoms with van der Waals surface area (Å²) in [6.07, 6.45) is -0.403. The Morgan fingerprint density at radius 2 is 1.24 bits per heavy atom. The molecule has 0 aromatic heterocycles. The van der Waals surface area contributed by atoms with Gasteiger partial charge in [-0.15, -0.1) is 0 Å². The summed E-state index contributed by atoms with van der Waals surface area (Å²) in [5, 5.41) is 10.7. The van der Waals surface area contributed by atoms with E-state index in [1.54, 1.807) is 0 Å². The Balaban J connectivity index is -0.000000626. The van der Waals surface area contributed by atoms with Crippen LogP contribution in [0.15, 0.2) is 54.6 Å². The number of hydrogen-bond acceptors (Lipinski definition) is 1. The summed E-state index contributed by atoms with van der Waals surface area (Å²) in [7, 11) is -1.49. The summed E-state index contributed by atoms with van der Waals surface area (Å²) in [6.45, 7) is 20.4. The molecular formula is C19H21MnO4Si-. The van der Waals surface area contributed by atoms with Gasteiger partial charge in [0.15, 0.2) is 0 Å². The Kier molecular flexibility index (Phi) is 18.1. The van der Waals surface area contributed by atoms with Crippen molar-refractivity contribution in [1.29, 1.82) is 0 Å². The minimum Gasteiger partial charge on any atom is 0 e. The monoisotopic (exact) mass is 396 g/mol. The number of benzene rings is 1. The molecule has 4 nitrogen and oxygen atoms in total. The van der Waals surface area contributed by atoms with E-state index in [-0.39, 0.29) is 22.6 Å². The number of aliphatic hydroxyl groups excluding tert-OH is 1. The normalized spacial score (nSPS) is 11.3. The molecule has 1 radical (unpaired) electrons. The third-order valence-corrected chi connectivity index (χ3v) is 5.95. The van der Waals surface area contributed by atoms with Crippen molar-refractivity contribution in [2.24, 2.45) is 0 Å². The largest absolute Gasteiger partial charge is 0 e. The Hall–Kier alpha value is -1.51. The molecule has 0 saturated heterocycles. The van der Waals surface area contributed by atoms with Crippen molar-refractivity contribution in [2.75, 3.05) is 0 Å². The van der Waals surface area contributed by atoms with Gasteiger partial charge in [0.2, 0.25) is 0 Å². The van der Waals surface area contributed by atoms with Gasteiger partial charge in [0, 0.05) is 25.1 Å². The van der Waals surface area contributed by atoms with E-state index in [1.807, 2.05) is 30.3 Å². The van der Waals surface area contributed by atoms with Gasteiger partial charge in [-0.1, -0.05) is 50.0 Å². The summed E-state index contributed by atoms with van der Waals surface area (Å²) in [5.74, 6) is 0. The van der Waals surface area contributed by atoms with Crippen LogP contribution in [0, 0.1) is 20.0 Å². The van der Waals surface area contributed by atoms with Crippen molar-refractivity contribution in [2.45, 2.75) is 31.3 Å². The fourth-order valence-electron chi connectivity index (χ4n) is 2.59. The second-order valence-electron chi connectivity index (χ2n) is 5.92. The van der Waals surface area contributed by atoms with Crippen molar-refractivity contribution in [3.8, 4) is 0 Å². The van der Waals surface area contributed by atoms with Crippen LogP contribution < -0.4 is 0 Å². The first kappa shape index (κ1) is 28.3. The van der Waals surface area contributed by atoms with Crippen LogP contribution in [0.5, 0.6) is 0 Å². The maximum atomic E-state index is 10.7. The van der Waals surface area contributed by atoms with E-state index in [1.165, 1.54) is 5.56 Å². The maximum absolute atomic E-state index is 10.7. The SMILES string of the molecule is C[Si](C)(C)C([c-]1cccc1)C(O)c1ccccc1.[C-]#[O+].[C-]#[O+].[C-]#[O+].[Mn]. The minimum atomic E-state index is -1.49. The molecule has 25 heavy (non-hydrogen) atoms. The van der Waals surface area contributed by atoms with Crippen molar-refractivity contribution < 1.29 is 36.1 Å². The van der Waals surface area contributed by atoms with Crippen LogP contribution in [-0.4, -0.2) is 13.2 Å². The molecule has 6 heteroatoms. The van der Waals surface area contributed by atoms with Gasteiger partial charge in [0.25, 0.3) is 0 Å². The van der Waals surface area contributed by atoms with Crippen LogP contribution in [0.2, 0.25) is 19.6 Å². The molecule has 0 saturated carbocycles. The van der Waals surface area contributed by atoms with Gasteiger partial charge >= 0.3 is 33.9 Å². The van der Waals surface area contributed by atoms with Gasteiger partial charge in [0.1, 0.15) is 0 Å². The van der Waals surface area contributed by atoms with Crippen molar-refractivity contribution >= 4 is 8.07 Å². The zero-order chi connectivity index (χ0) is 19.2. The molecule has 0 bridgehead atoms. The molecule has 0 aliphatic heterocycles. The quantitative estimate of drug-likeness (QED) is 0.473. The molecule has 2 atom stereocenters. The average molecular weight is 396 g/mol. The smallest absolute Gasteiger partial charge is 0 e. The first-order valence-corrected chi connectivity index (χ1v) is 10.6. The molecule has 0 aliphatic rings. The van der Waals surface area contributed by atoms with Gasteiger partial charge in [-0.25, -0.2) is 12.1 Å². The molecule has 0 heterocycles. The standard InChI is InChI=1S/C16H21OSi.3CO.Mn/c1-18(2,3)16(14-11-7-8-12-14)15(17)13-9-5-4-6-10-13;3*1-2;/h4-12,15-17H,1-3H3;;;;/q-1;;;;. The second kappa shape index (κ2) is 16.0. The molecule has 2 unspecified atom stereocenters. The third kappa shape index (κ3) is 9.52. The number of rotatable bonds is 4. The van der Waals surface area contributed by atoms with Crippen LogP contribution in [-0.2, 0) is 31.0 Å². The predicted molar refractivity (Wildman–Crippen MR) is 91.3 cm³/mol. The molecule has 2 aromatic rings. The van der Waals surface area contributed by atoms with E-state index < -0.39 is 14.2 Å². The van der Waals surface area contributed by atoms with Crippen molar-refractivity contribution in [1.82, 2.24) is 0 Å². The topological polar surface area (TPSA) is 79.9 Å². The molecule has 0 fully saturated rings. The van der Waals surface area contributed by atoms with Gasteiger partial charge in [-0.3, -0.25) is 0 Å². The second-order valence-corrected chi connectivity index (χ2v) is 11.3. The molecular weight excluding hydrogens is 375 g/mol. The summed E-state index contributed by atoms with van der Waals surface area (Å²) in [6, 6.07) is 18.4. The summed E-state index contributed by atoms with van der Waals surface area (Å²) >= 11 is 0. The summed E-state index contributed by atoms with van der Waals surface area (Å²) in [5.41, 5.74) is 2.53. The van der Waals surface area contributed by atoms with Crippen molar-refractivity contribution in [3.05, 3.63) is 85.7 Å². The van der Waals surface area contributed by atoms with Crippen molar-refractivity contribution in [3.63, 3.8) is 0 Å². The fourth-order valence-corrected chi connectivity index (χ4v) is 4.93. The fraction of sp³-hybridized carbons (Fsp3) is 0.263. The van der Waals surface area contributed by atoms with Crippen LogP contribution in [0.1, 0.15) is 22.8 Å². The Labute approximate surface area is 161 Å². The maximum Gasteiger partial charge on any atom is 0 e. The Bertz CT molecular complexity index is 584. The molecule has 0 spiro atoms. The van der Waals surface area contributed by atoms with Crippen LogP contribution in [0.25, 0.3) is 0 Å². The van der Waals surface area contributed by atoms with E-state index in [0.717, 1.165) is 5.56 Å². The summed E-state index contributed by atoms with van der Waals surface area (Å²) in [4.78, 5) is 0. The predicted octanol–water partition coefficient (Wildman–Crippen LogP) is 3.99. The first-order chi connectivity index (χ1) is 11.5. The van der Waals surface area contributed by atoms with Gasteiger partial charge in [-0.2, -0.15) is 17.7 Å². The van der Waals surface area contributed by atoms with Gasteiger partial charge < -0.3 is 5.11 Å². The Morgan fingerprint density at radius 3 is 1.60 bits per heavy atom. The molecule has 0 amide bonds. The van der Waals surface area contributed by atoms with E-state index in [0.29, 0.717) is 0 Å². The van der Waals surface area contributed by atoms with Crippen LogP contribution in [0.4, 0.5) is 0 Å². The first-order valence-electron chi connectivity index (χ1n) is 7.06. The number of aliphatic hydroxyl groups is 1. The van der Waals surface area contributed by atoms with Gasteiger partial charge in [0.05, 0.1) is 6.10 Å². The molecule has 133 valence electrons. The van der Waals surface area contributed by atoms with E-state index in [4.69, 9.17) is 14.0 Å². The minimum absolute atomic E-state index is 0. The summed E-state index contributed by atoms with van der Waals surface area (Å²) < 4.78 is 22.5. The van der Waals surface area contributed by atoms with Gasteiger partial charge in [-0.05, 0) is 11.1 Å². The van der Waals surface area contributed by atoms with Crippen LogP contribution >= 0.6 is 0 Å². The van der Waals surface area contributed by atoms with E-state index in [2.05, 4.69) is 63.9 Å².